The Morgan fingerprint density at radius 2 is 1.92 bits per heavy atom. The standard InChI is InChI=1S/C11H20O2/c1-8-4-9(2)11(6-12,7-13)10(3)5-8/h4,9-10,12-13H,5-7H2,1-3H3. The highest BCUT2D eigenvalue weighted by atomic mass is 16.3. The molecule has 0 amide bonds. The zero-order valence-electron chi connectivity index (χ0n) is 8.75. The molecule has 2 atom stereocenters. The van der Waals surface area contributed by atoms with Gasteiger partial charge in [-0.05, 0) is 25.2 Å². The Kier molecular flexibility index (Phi) is 3.14. The van der Waals surface area contributed by atoms with Gasteiger partial charge in [-0.1, -0.05) is 25.5 Å². The molecular formula is C11H20O2. The summed E-state index contributed by atoms with van der Waals surface area (Å²) in [6.45, 7) is 6.46. The van der Waals surface area contributed by atoms with Crippen LogP contribution < -0.4 is 0 Å². The molecule has 2 heteroatoms. The smallest absolute Gasteiger partial charge is 0.0517 e. The fourth-order valence-corrected chi connectivity index (χ4v) is 2.45. The summed E-state index contributed by atoms with van der Waals surface area (Å²) in [6, 6.07) is 0. The Morgan fingerprint density at radius 3 is 2.31 bits per heavy atom. The van der Waals surface area contributed by atoms with E-state index >= 15 is 0 Å². The molecule has 2 N–H and O–H groups in total. The Balaban J connectivity index is 2.96. The monoisotopic (exact) mass is 184 g/mol. The third kappa shape index (κ3) is 1.65. The molecule has 76 valence electrons. The second kappa shape index (κ2) is 3.81. The molecule has 2 nitrogen and oxygen atoms in total. The van der Waals surface area contributed by atoms with Crippen LogP contribution in [0.25, 0.3) is 0 Å². The quantitative estimate of drug-likeness (QED) is 0.640. The normalized spacial score (nSPS) is 32.8. The van der Waals surface area contributed by atoms with Gasteiger partial charge >= 0.3 is 0 Å². The summed E-state index contributed by atoms with van der Waals surface area (Å²) in [4.78, 5) is 0. The van der Waals surface area contributed by atoms with Gasteiger partial charge in [0.25, 0.3) is 0 Å². The van der Waals surface area contributed by atoms with Crippen molar-refractivity contribution in [2.24, 2.45) is 17.3 Å². The van der Waals surface area contributed by atoms with E-state index in [2.05, 4.69) is 26.8 Å². The number of aliphatic hydroxyl groups is 2. The molecule has 13 heavy (non-hydrogen) atoms. The van der Waals surface area contributed by atoms with Crippen molar-refractivity contribution in [3.05, 3.63) is 11.6 Å². The molecule has 0 saturated heterocycles. The van der Waals surface area contributed by atoms with E-state index in [1.54, 1.807) is 0 Å². The van der Waals surface area contributed by atoms with Crippen molar-refractivity contribution < 1.29 is 10.2 Å². The first-order valence-corrected chi connectivity index (χ1v) is 4.96. The molecule has 0 heterocycles. The predicted molar refractivity (Wildman–Crippen MR) is 53.3 cm³/mol. The predicted octanol–water partition coefficient (Wildman–Crippen LogP) is 1.58. The summed E-state index contributed by atoms with van der Waals surface area (Å²) in [7, 11) is 0. The number of aliphatic hydroxyl groups excluding tert-OH is 2. The Labute approximate surface area is 80.3 Å². The summed E-state index contributed by atoms with van der Waals surface area (Å²) >= 11 is 0. The topological polar surface area (TPSA) is 40.5 Å². The van der Waals surface area contributed by atoms with Crippen LogP contribution in [0.15, 0.2) is 11.6 Å². The lowest BCUT2D eigenvalue weighted by Crippen LogP contribution is -2.44. The van der Waals surface area contributed by atoms with E-state index in [1.807, 2.05) is 0 Å². The SMILES string of the molecule is CC1=CC(C)C(CO)(CO)C(C)C1. The van der Waals surface area contributed by atoms with Crippen LogP contribution in [0, 0.1) is 17.3 Å². The van der Waals surface area contributed by atoms with Crippen LogP contribution in [0.4, 0.5) is 0 Å². The van der Waals surface area contributed by atoms with E-state index in [-0.39, 0.29) is 24.5 Å². The van der Waals surface area contributed by atoms with Crippen LogP contribution >= 0.6 is 0 Å². The Bertz CT molecular complexity index is 204. The fraction of sp³-hybridized carbons (Fsp3) is 0.818. The molecule has 0 aromatic carbocycles. The highest BCUT2D eigenvalue weighted by molar-refractivity contribution is 5.12. The van der Waals surface area contributed by atoms with Crippen molar-refractivity contribution in [1.82, 2.24) is 0 Å². The van der Waals surface area contributed by atoms with Crippen molar-refractivity contribution in [1.29, 1.82) is 0 Å². The van der Waals surface area contributed by atoms with Gasteiger partial charge in [0.05, 0.1) is 13.2 Å². The van der Waals surface area contributed by atoms with E-state index < -0.39 is 0 Å². The van der Waals surface area contributed by atoms with Crippen LogP contribution in [0.2, 0.25) is 0 Å². The highest BCUT2D eigenvalue weighted by Crippen LogP contribution is 2.43. The number of hydrogen-bond acceptors (Lipinski definition) is 2. The van der Waals surface area contributed by atoms with Crippen molar-refractivity contribution in [2.45, 2.75) is 27.2 Å². The van der Waals surface area contributed by atoms with Gasteiger partial charge in [-0.2, -0.15) is 0 Å². The van der Waals surface area contributed by atoms with Gasteiger partial charge in [0.2, 0.25) is 0 Å². The molecule has 2 unspecified atom stereocenters. The molecule has 1 rings (SSSR count). The van der Waals surface area contributed by atoms with Gasteiger partial charge in [0, 0.05) is 5.41 Å². The van der Waals surface area contributed by atoms with Crippen molar-refractivity contribution in [2.75, 3.05) is 13.2 Å². The Hall–Kier alpha value is -0.340. The fourth-order valence-electron chi connectivity index (χ4n) is 2.45. The molecule has 1 aliphatic carbocycles. The van der Waals surface area contributed by atoms with E-state index in [4.69, 9.17) is 0 Å². The van der Waals surface area contributed by atoms with Gasteiger partial charge in [-0.3, -0.25) is 0 Å². The largest absolute Gasteiger partial charge is 0.396 e. The zero-order valence-corrected chi connectivity index (χ0v) is 8.75. The van der Waals surface area contributed by atoms with Crippen LogP contribution in [0.1, 0.15) is 27.2 Å². The molecule has 0 spiro atoms. The molecule has 0 aliphatic heterocycles. The second-order valence-electron chi connectivity index (χ2n) is 4.46. The van der Waals surface area contributed by atoms with Crippen molar-refractivity contribution >= 4 is 0 Å². The van der Waals surface area contributed by atoms with Crippen LogP contribution in [0.3, 0.4) is 0 Å². The van der Waals surface area contributed by atoms with Crippen LogP contribution in [-0.4, -0.2) is 23.4 Å². The molecule has 0 saturated carbocycles. The number of rotatable bonds is 2. The van der Waals surface area contributed by atoms with Crippen LogP contribution in [-0.2, 0) is 0 Å². The van der Waals surface area contributed by atoms with Gasteiger partial charge in [-0.25, -0.2) is 0 Å². The second-order valence-corrected chi connectivity index (χ2v) is 4.46. The molecule has 0 bridgehead atoms. The first kappa shape index (κ1) is 10.7. The van der Waals surface area contributed by atoms with Gasteiger partial charge in [-0.15, -0.1) is 0 Å². The molecule has 0 aromatic heterocycles. The number of hydrogen-bond donors (Lipinski definition) is 2. The maximum Gasteiger partial charge on any atom is 0.0517 e. The van der Waals surface area contributed by atoms with E-state index in [0.29, 0.717) is 5.92 Å². The summed E-state index contributed by atoms with van der Waals surface area (Å²) in [6.07, 6.45) is 3.16. The highest BCUT2D eigenvalue weighted by Gasteiger charge is 2.41. The lowest BCUT2D eigenvalue weighted by Gasteiger charge is -2.43. The maximum atomic E-state index is 9.38. The average molecular weight is 184 g/mol. The van der Waals surface area contributed by atoms with Gasteiger partial charge in [0.1, 0.15) is 0 Å². The lowest BCUT2D eigenvalue weighted by atomic mass is 9.63. The minimum atomic E-state index is -0.306. The van der Waals surface area contributed by atoms with E-state index in [1.165, 1.54) is 5.57 Å². The molecule has 1 aliphatic rings. The molecular weight excluding hydrogens is 164 g/mol. The third-order valence-electron chi connectivity index (χ3n) is 3.64. The van der Waals surface area contributed by atoms with Crippen molar-refractivity contribution in [3.8, 4) is 0 Å². The molecule has 0 fully saturated rings. The van der Waals surface area contributed by atoms with E-state index in [9.17, 15) is 10.2 Å². The maximum absolute atomic E-state index is 9.38. The average Bonchev–Trinajstić information content (AvgIpc) is 2.05. The Morgan fingerprint density at radius 1 is 1.38 bits per heavy atom. The lowest BCUT2D eigenvalue weighted by molar-refractivity contribution is -0.0245. The first-order valence-electron chi connectivity index (χ1n) is 4.96. The van der Waals surface area contributed by atoms with Crippen LogP contribution in [0.5, 0.6) is 0 Å². The molecule has 0 radical (unpaired) electrons. The summed E-state index contributed by atoms with van der Waals surface area (Å²) < 4.78 is 0. The van der Waals surface area contributed by atoms with Crippen molar-refractivity contribution in [3.63, 3.8) is 0 Å². The minimum Gasteiger partial charge on any atom is -0.396 e. The van der Waals surface area contributed by atoms with Gasteiger partial charge in [0.15, 0.2) is 0 Å². The third-order valence-corrected chi connectivity index (χ3v) is 3.64. The molecule has 0 aromatic rings. The number of allylic oxidation sites excluding steroid dienone is 2. The first-order chi connectivity index (χ1) is 6.06. The summed E-state index contributed by atoms with van der Waals surface area (Å²) in [5.74, 6) is 0.633. The zero-order chi connectivity index (χ0) is 10.1. The summed E-state index contributed by atoms with van der Waals surface area (Å²) in [5, 5.41) is 18.8. The van der Waals surface area contributed by atoms with E-state index in [0.717, 1.165) is 6.42 Å². The summed E-state index contributed by atoms with van der Waals surface area (Å²) in [5.41, 5.74) is 1.07. The minimum absolute atomic E-state index is 0.0790. The van der Waals surface area contributed by atoms with Gasteiger partial charge < -0.3 is 10.2 Å².